The summed E-state index contributed by atoms with van der Waals surface area (Å²) in [4.78, 5) is 31.4. The maximum Gasteiger partial charge on any atom is 0.434 e. The molecule has 250 valence electrons. The molecule has 8 rings (SSSR count). The van der Waals surface area contributed by atoms with E-state index in [1.165, 1.54) is 24.2 Å². The first-order valence-corrected chi connectivity index (χ1v) is 15.9. The van der Waals surface area contributed by atoms with Gasteiger partial charge in [-0.15, -0.1) is 0 Å². The van der Waals surface area contributed by atoms with E-state index in [0.29, 0.717) is 42.2 Å². The summed E-state index contributed by atoms with van der Waals surface area (Å²) in [5, 5.41) is 0. The van der Waals surface area contributed by atoms with Crippen molar-refractivity contribution in [3.63, 3.8) is 0 Å². The van der Waals surface area contributed by atoms with Gasteiger partial charge in [0.25, 0.3) is 6.10 Å². The summed E-state index contributed by atoms with van der Waals surface area (Å²) < 4.78 is 85.9. The number of carbonyl (C=O) groups is 1. The molecule has 8 nitrogen and oxygen atoms in total. The topological polar surface area (TPSA) is 74.7 Å². The highest BCUT2D eigenvalue weighted by Gasteiger charge is 2.60. The number of alkyl halides is 6. The largest absolute Gasteiger partial charge is 0.440 e. The number of hydrogen-bond donors (Lipinski definition) is 0. The third kappa shape index (κ3) is 6.30. The Morgan fingerprint density at radius 1 is 0.745 bits per heavy atom. The van der Waals surface area contributed by atoms with Crippen LogP contribution in [0.4, 0.5) is 49.6 Å². The summed E-state index contributed by atoms with van der Waals surface area (Å²) in [6.07, 6.45) is -9.30. The summed E-state index contributed by atoms with van der Waals surface area (Å²) in [6.45, 7) is 1.12. The van der Waals surface area contributed by atoms with Crippen LogP contribution >= 0.6 is 0 Å². The maximum absolute atomic E-state index is 13.9. The Balaban J connectivity index is 1.20. The number of benzene rings is 2. The highest BCUT2D eigenvalue weighted by molar-refractivity contribution is 5.83. The Hall–Kier alpha value is -4.10. The van der Waals surface area contributed by atoms with Gasteiger partial charge in [-0.05, 0) is 80.5 Å². The van der Waals surface area contributed by atoms with E-state index in [1.54, 1.807) is 65.6 Å². The standard InChI is InChI=1S/C33H34F6N6O2/c34-32(35,36)26(33(37,38)39)47-30-41-28(40-29(42-30)45(24-7-3-1-4-8-24)25-9-5-2-6-10-25)44-13-11-43(12-14-44)27(46)31-18-21-15-22(19-31)17-23(16-21)20-31/h1-10,21-23,26H,11-20H2. The van der Waals surface area contributed by atoms with E-state index >= 15 is 0 Å². The number of para-hydroxylation sites is 2. The molecule has 1 saturated heterocycles. The van der Waals surface area contributed by atoms with E-state index in [4.69, 9.17) is 0 Å². The number of piperazine rings is 1. The van der Waals surface area contributed by atoms with E-state index in [1.807, 2.05) is 4.90 Å². The Morgan fingerprint density at radius 2 is 1.23 bits per heavy atom. The zero-order valence-electron chi connectivity index (χ0n) is 25.4. The van der Waals surface area contributed by atoms with Crippen LogP contribution in [0.2, 0.25) is 0 Å². The minimum atomic E-state index is -5.77. The Kier molecular flexibility index (Phi) is 7.94. The van der Waals surface area contributed by atoms with Gasteiger partial charge in [0.1, 0.15) is 0 Å². The summed E-state index contributed by atoms with van der Waals surface area (Å²) in [5.74, 6) is 1.59. The summed E-state index contributed by atoms with van der Waals surface area (Å²) in [7, 11) is 0. The Bertz CT molecular complexity index is 1490. The molecule has 0 N–H and O–H groups in total. The van der Waals surface area contributed by atoms with Crippen molar-refractivity contribution in [2.24, 2.45) is 23.2 Å². The van der Waals surface area contributed by atoms with Gasteiger partial charge in [0.15, 0.2) is 0 Å². The van der Waals surface area contributed by atoms with Crippen LogP contribution in [0.5, 0.6) is 6.01 Å². The predicted molar refractivity (Wildman–Crippen MR) is 160 cm³/mol. The SMILES string of the molecule is O=C(N1CCN(c2nc(OC(C(F)(F)F)C(F)(F)F)nc(N(c3ccccc3)c3ccccc3)n2)CC1)C12CC3CC(CC(C3)C1)C2. The molecule has 5 aliphatic rings. The molecule has 4 saturated carbocycles. The lowest BCUT2D eigenvalue weighted by atomic mass is 9.49. The van der Waals surface area contributed by atoms with Gasteiger partial charge in [-0.3, -0.25) is 9.69 Å². The van der Waals surface area contributed by atoms with Crippen molar-refractivity contribution in [2.45, 2.75) is 57.0 Å². The van der Waals surface area contributed by atoms with E-state index in [-0.39, 0.29) is 36.3 Å². The van der Waals surface area contributed by atoms with Crippen molar-refractivity contribution in [3.8, 4) is 6.01 Å². The molecule has 4 aliphatic carbocycles. The molecule has 0 spiro atoms. The molecule has 0 radical (unpaired) electrons. The molecule has 0 unspecified atom stereocenters. The van der Waals surface area contributed by atoms with Crippen molar-refractivity contribution in [3.05, 3.63) is 60.7 Å². The zero-order valence-corrected chi connectivity index (χ0v) is 25.4. The molecule has 5 fully saturated rings. The van der Waals surface area contributed by atoms with Crippen LogP contribution in [0.15, 0.2) is 60.7 Å². The first-order valence-electron chi connectivity index (χ1n) is 15.9. The van der Waals surface area contributed by atoms with Gasteiger partial charge in [0, 0.05) is 37.6 Å². The molecule has 2 heterocycles. The first kappa shape index (κ1) is 31.5. The van der Waals surface area contributed by atoms with Gasteiger partial charge in [-0.1, -0.05) is 36.4 Å². The number of anilines is 4. The van der Waals surface area contributed by atoms with Crippen molar-refractivity contribution in [1.29, 1.82) is 0 Å². The smallest absolute Gasteiger partial charge is 0.434 e. The molecule has 3 aromatic rings. The maximum atomic E-state index is 13.9. The van der Waals surface area contributed by atoms with Crippen molar-refractivity contribution >= 4 is 29.2 Å². The van der Waals surface area contributed by atoms with Gasteiger partial charge >= 0.3 is 18.4 Å². The fourth-order valence-corrected chi connectivity index (χ4v) is 8.41. The normalized spacial score (nSPS) is 25.7. The molecule has 4 bridgehead atoms. The van der Waals surface area contributed by atoms with E-state index in [2.05, 4.69) is 19.7 Å². The third-order valence-electron chi connectivity index (χ3n) is 9.98. The molecular formula is C33H34F6N6O2. The molecule has 0 atom stereocenters. The Labute approximate surface area is 267 Å². The number of halogens is 6. The van der Waals surface area contributed by atoms with Crippen LogP contribution in [-0.2, 0) is 4.79 Å². The molecule has 2 aromatic carbocycles. The zero-order chi connectivity index (χ0) is 33.0. The lowest BCUT2D eigenvalue weighted by molar-refractivity contribution is -0.301. The quantitative estimate of drug-likeness (QED) is 0.251. The van der Waals surface area contributed by atoms with Crippen LogP contribution in [0.25, 0.3) is 0 Å². The van der Waals surface area contributed by atoms with Crippen LogP contribution < -0.4 is 14.5 Å². The summed E-state index contributed by atoms with van der Waals surface area (Å²) >= 11 is 0. The molecule has 47 heavy (non-hydrogen) atoms. The highest BCUT2D eigenvalue weighted by atomic mass is 19.4. The predicted octanol–water partition coefficient (Wildman–Crippen LogP) is 7.08. The van der Waals surface area contributed by atoms with Gasteiger partial charge in [0.05, 0.1) is 5.41 Å². The highest BCUT2D eigenvalue weighted by Crippen LogP contribution is 2.60. The van der Waals surface area contributed by atoms with Gasteiger partial charge in [-0.2, -0.15) is 41.3 Å². The number of carbonyl (C=O) groups excluding carboxylic acids is 1. The van der Waals surface area contributed by atoms with Crippen molar-refractivity contribution < 1.29 is 35.9 Å². The number of rotatable bonds is 7. The fourth-order valence-electron chi connectivity index (χ4n) is 8.41. The molecular weight excluding hydrogens is 626 g/mol. The molecule has 14 heteroatoms. The number of hydrogen-bond acceptors (Lipinski definition) is 7. The van der Waals surface area contributed by atoms with Crippen LogP contribution in [0.3, 0.4) is 0 Å². The number of amides is 1. The molecule has 1 aromatic heterocycles. The second kappa shape index (κ2) is 11.9. The lowest BCUT2D eigenvalue weighted by Gasteiger charge is -2.57. The fraction of sp³-hybridized carbons (Fsp3) is 0.515. The van der Waals surface area contributed by atoms with Crippen LogP contribution in [-0.4, -0.2) is 70.4 Å². The van der Waals surface area contributed by atoms with E-state index in [0.717, 1.165) is 19.3 Å². The first-order chi connectivity index (χ1) is 22.4. The molecule has 1 aliphatic heterocycles. The number of aromatic nitrogens is 3. The number of ether oxygens (including phenoxy) is 1. The van der Waals surface area contributed by atoms with Gasteiger partial charge < -0.3 is 14.5 Å². The second-order valence-electron chi connectivity index (χ2n) is 13.3. The minimum absolute atomic E-state index is 0.146. The number of nitrogens with zero attached hydrogens (tertiary/aromatic N) is 6. The van der Waals surface area contributed by atoms with Crippen LogP contribution in [0.1, 0.15) is 38.5 Å². The minimum Gasteiger partial charge on any atom is -0.440 e. The van der Waals surface area contributed by atoms with Crippen molar-refractivity contribution in [2.75, 3.05) is 36.0 Å². The van der Waals surface area contributed by atoms with Gasteiger partial charge in [-0.25, -0.2) is 0 Å². The lowest BCUT2D eigenvalue weighted by Crippen LogP contribution is -2.58. The average Bonchev–Trinajstić information content (AvgIpc) is 3.03. The Morgan fingerprint density at radius 3 is 1.70 bits per heavy atom. The molecule has 1 amide bonds. The second-order valence-corrected chi connectivity index (χ2v) is 13.3. The monoisotopic (exact) mass is 660 g/mol. The third-order valence-corrected chi connectivity index (χ3v) is 9.98. The van der Waals surface area contributed by atoms with Gasteiger partial charge in [0.2, 0.25) is 17.8 Å². The summed E-state index contributed by atoms with van der Waals surface area (Å²) in [5.41, 5.74) is 0.695. The average molecular weight is 661 g/mol. The van der Waals surface area contributed by atoms with Crippen molar-refractivity contribution in [1.82, 2.24) is 19.9 Å². The van der Waals surface area contributed by atoms with Crippen LogP contribution in [0, 0.1) is 23.2 Å². The van der Waals surface area contributed by atoms with E-state index in [9.17, 15) is 31.1 Å². The summed E-state index contributed by atoms with van der Waals surface area (Å²) in [6, 6.07) is 16.2. The van der Waals surface area contributed by atoms with E-state index < -0.39 is 24.5 Å².